The Bertz CT molecular complexity index is 123. The molecule has 0 radical (unpaired) electrons. The van der Waals surface area contributed by atoms with Crippen molar-refractivity contribution in [3.05, 3.63) is 0 Å². The van der Waals surface area contributed by atoms with E-state index in [2.05, 4.69) is 0 Å². The van der Waals surface area contributed by atoms with E-state index in [-0.39, 0.29) is 6.29 Å². The topological polar surface area (TPSA) is 27.7 Å². The monoisotopic (exact) mass is 202 g/mol. The minimum Gasteiger partial charge on any atom is -0.476 e. The zero-order valence-electron chi connectivity index (χ0n) is 8.62. The van der Waals surface area contributed by atoms with Crippen LogP contribution in [0.3, 0.4) is 0 Å². The Morgan fingerprint density at radius 1 is 1.15 bits per heavy atom. The quantitative estimate of drug-likeness (QED) is 0.502. The predicted molar refractivity (Wildman–Crippen MR) is 53.0 cm³/mol. The molecule has 0 N–H and O–H groups in total. The summed E-state index contributed by atoms with van der Waals surface area (Å²) in [6.07, 6.45) is 3.95. The highest BCUT2D eigenvalue weighted by Gasteiger charge is 2.26. The fraction of sp³-hybridized carbons (Fsp3) is 1.00. The minimum atomic E-state index is -0.938. The number of methoxy groups -OCH3 is 2. The van der Waals surface area contributed by atoms with Gasteiger partial charge in [-0.05, 0) is 0 Å². The first kappa shape index (κ1) is 11.5. The van der Waals surface area contributed by atoms with Crippen LogP contribution < -0.4 is 0 Å². The molecule has 0 aromatic rings. The standard InChI is InChI=1S/C5H10.C4H9O3.Al/c1-3-5-4-2;1-6-3-4(5)7-2;/h1-5H2;4H,3H2,1-2H3;/q;-1;+1. The van der Waals surface area contributed by atoms with Crippen molar-refractivity contribution in [3.8, 4) is 0 Å². The lowest BCUT2D eigenvalue weighted by molar-refractivity contribution is -0.0966. The molecule has 0 spiro atoms. The van der Waals surface area contributed by atoms with Crippen molar-refractivity contribution in [1.29, 1.82) is 0 Å². The van der Waals surface area contributed by atoms with Crippen LogP contribution in [0, 0.1) is 0 Å². The lowest BCUT2D eigenvalue weighted by Crippen LogP contribution is -2.31. The number of ether oxygens (including phenoxy) is 2. The molecule has 1 aliphatic heterocycles. The van der Waals surface area contributed by atoms with Crippen molar-refractivity contribution in [1.82, 2.24) is 0 Å². The maximum absolute atomic E-state index is 5.87. The van der Waals surface area contributed by atoms with Crippen molar-refractivity contribution >= 4 is 14.5 Å². The highest BCUT2D eigenvalue weighted by atomic mass is 27.2. The summed E-state index contributed by atoms with van der Waals surface area (Å²) >= 11 is -0.938. The molecule has 0 aliphatic carbocycles. The second-order valence-electron chi connectivity index (χ2n) is 3.52. The highest BCUT2D eigenvalue weighted by molar-refractivity contribution is 6.52. The smallest absolute Gasteiger partial charge is 0.462 e. The van der Waals surface area contributed by atoms with Gasteiger partial charge in [0.05, 0.1) is 6.61 Å². The molecule has 1 atom stereocenters. The molecule has 0 aromatic carbocycles. The van der Waals surface area contributed by atoms with Gasteiger partial charge in [-0.25, -0.2) is 0 Å². The fourth-order valence-electron chi connectivity index (χ4n) is 1.71. The zero-order chi connectivity index (χ0) is 9.52. The maximum atomic E-state index is 5.87. The van der Waals surface area contributed by atoms with Crippen LogP contribution in [0.4, 0.5) is 0 Å². The van der Waals surface area contributed by atoms with E-state index in [0.29, 0.717) is 6.61 Å². The first-order valence-corrected chi connectivity index (χ1v) is 7.14. The summed E-state index contributed by atoms with van der Waals surface area (Å²) in [4.78, 5) is 0. The summed E-state index contributed by atoms with van der Waals surface area (Å²) < 4.78 is 16.1. The first-order valence-electron chi connectivity index (χ1n) is 5.04. The Labute approximate surface area is 85.1 Å². The normalized spacial score (nSPS) is 20.3. The van der Waals surface area contributed by atoms with Gasteiger partial charge in [0.1, 0.15) is 0 Å². The molecular weight excluding hydrogens is 183 g/mol. The molecule has 1 fully saturated rings. The van der Waals surface area contributed by atoms with E-state index in [1.54, 1.807) is 14.2 Å². The van der Waals surface area contributed by atoms with Crippen LogP contribution in [-0.4, -0.2) is 41.6 Å². The number of hydrogen-bond acceptors (Lipinski definition) is 3. The lowest BCUT2D eigenvalue weighted by atomic mass is 10.3. The third-order valence-electron chi connectivity index (χ3n) is 2.46. The van der Waals surface area contributed by atoms with Crippen LogP contribution >= 0.6 is 0 Å². The van der Waals surface area contributed by atoms with E-state index >= 15 is 0 Å². The molecular formula is C9H19AlO3. The molecule has 1 heterocycles. The van der Waals surface area contributed by atoms with Crippen molar-refractivity contribution in [2.24, 2.45) is 0 Å². The second-order valence-corrected chi connectivity index (χ2v) is 6.19. The summed E-state index contributed by atoms with van der Waals surface area (Å²) in [5, 5.41) is 2.62. The highest BCUT2D eigenvalue weighted by Crippen LogP contribution is 2.20. The van der Waals surface area contributed by atoms with Crippen LogP contribution in [-0.2, 0) is 13.3 Å². The van der Waals surface area contributed by atoms with E-state index < -0.39 is 14.5 Å². The first-order chi connectivity index (χ1) is 6.36. The van der Waals surface area contributed by atoms with E-state index in [4.69, 9.17) is 13.3 Å². The average molecular weight is 202 g/mol. The minimum absolute atomic E-state index is 0.125. The van der Waals surface area contributed by atoms with E-state index in [1.807, 2.05) is 0 Å². The van der Waals surface area contributed by atoms with Crippen LogP contribution in [0.25, 0.3) is 0 Å². The van der Waals surface area contributed by atoms with Crippen LogP contribution in [0.5, 0.6) is 0 Å². The zero-order valence-corrected chi connectivity index (χ0v) is 9.78. The summed E-state index contributed by atoms with van der Waals surface area (Å²) in [6.45, 7) is 0.556. The molecule has 76 valence electrons. The van der Waals surface area contributed by atoms with Crippen LogP contribution in [0.15, 0.2) is 0 Å². The lowest BCUT2D eigenvalue weighted by Gasteiger charge is -2.23. The average Bonchev–Trinajstić information content (AvgIpc) is 2.19. The van der Waals surface area contributed by atoms with E-state index in [0.717, 1.165) is 0 Å². The Morgan fingerprint density at radius 3 is 2.38 bits per heavy atom. The molecule has 1 saturated heterocycles. The van der Waals surface area contributed by atoms with Crippen LogP contribution in [0.2, 0.25) is 10.6 Å². The predicted octanol–water partition coefficient (Wildman–Crippen LogP) is 1.80. The maximum Gasteiger partial charge on any atom is 0.462 e. The molecule has 1 unspecified atom stereocenters. The molecule has 3 nitrogen and oxygen atoms in total. The summed E-state index contributed by atoms with van der Waals surface area (Å²) in [6, 6.07) is 0. The molecule has 0 amide bonds. The van der Waals surface area contributed by atoms with Gasteiger partial charge >= 0.3 is 14.5 Å². The molecule has 0 bridgehead atoms. The van der Waals surface area contributed by atoms with Gasteiger partial charge in [-0.1, -0.05) is 29.8 Å². The Kier molecular flexibility index (Phi) is 6.01. The Morgan fingerprint density at radius 2 is 1.85 bits per heavy atom. The number of rotatable bonds is 5. The molecule has 13 heavy (non-hydrogen) atoms. The van der Waals surface area contributed by atoms with Gasteiger partial charge in [0.15, 0.2) is 6.29 Å². The van der Waals surface area contributed by atoms with Crippen molar-refractivity contribution in [2.75, 3.05) is 20.8 Å². The van der Waals surface area contributed by atoms with E-state index in [9.17, 15) is 0 Å². The largest absolute Gasteiger partial charge is 0.476 e. The molecule has 0 aromatic heterocycles. The third-order valence-corrected chi connectivity index (χ3v) is 5.25. The van der Waals surface area contributed by atoms with Gasteiger partial charge in [0.25, 0.3) is 0 Å². The van der Waals surface area contributed by atoms with Gasteiger partial charge < -0.3 is 13.3 Å². The van der Waals surface area contributed by atoms with Gasteiger partial charge in [-0.2, -0.15) is 0 Å². The summed E-state index contributed by atoms with van der Waals surface area (Å²) in [5.74, 6) is 0. The number of hydrogen-bond donors (Lipinski definition) is 0. The van der Waals surface area contributed by atoms with Gasteiger partial charge in [0, 0.05) is 14.2 Å². The second kappa shape index (κ2) is 6.81. The Hall–Kier alpha value is 0.412. The van der Waals surface area contributed by atoms with Crippen LogP contribution in [0.1, 0.15) is 19.3 Å². The van der Waals surface area contributed by atoms with Gasteiger partial charge in [0.2, 0.25) is 0 Å². The molecule has 1 rings (SSSR count). The third kappa shape index (κ3) is 4.44. The SMILES string of the molecule is COCC(OC)[O][Al]1[CH2]CCC[CH2]1. The van der Waals surface area contributed by atoms with E-state index in [1.165, 1.54) is 29.8 Å². The summed E-state index contributed by atoms with van der Waals surface area (Å²) in [5.41, 5.74) is 0. The van der Waals surface area contributed by atoms with Crippen molar-refractivity contribution in [3.63, 3.8) is 0 Å². The molecule has 4 heteroatoms. The molecule has 0 saturated carbocycles. The summed E-state index contributed by atoms with van der Waals surface area (Å²) in [7, 11) is 3.36. The molecule has 1 aliphatic rings. The van der Waals surface area contributed by atoms with Gasteiger partial charge in [-0.3, -0.25) is 0 Å². The van der Waals surface area contributed by atoms with Crippen molar-refractivity contribution in [2.45, 2.75) is 36.1 Å². The van der Waals surface area contributed by atoms with Gasteiger partial charge in [-0.15, -0.1) is 0 Å². The Balaban J connectivity index is 2.18. The fourth-order valence-corrected chi connectivity index (χ4v) is 4.38. The van der Waals surface area contributed by atoms with Crippen molar-refractivity contribution < 1.29 is 13.3 Å².